The average Bonchev–Trinajstić information content (AvgIpc) is 2.51. The zero-order chi connectivity index (χ0) is 12.9. The van der Waals surface area contributed by atoms with Gasteiger partial charge in [0, 0.05) is 0 Å². The molecule has 1 radical (unpaired) electrons. The molecule has 0 amide bonds. The first-order valence-electron chi connectivity index (χ1n) is 6.40. The van der Waals surface area contributed by atoms with Crippen LogP contribution in [0.1, 0.15) is 0 Å². The van der Waals surface area contributed by atoms with Crippen LogP contribution in [0.25, 0.3) is 0 Å². The van der Waals surface area contributed by atoms with Crippen molar-refractivity contribution in [1.82, 2.24) is 0 Å². The van der Waals surface area contributed by atoms with Crippen molar-refractivity contribution in [3.63, 3.8) is 0 Å². The maximum absolute atomic E-state index is 2.28. The van der Waals surface area contributed by atoms with Crippen LogP contribution in [-0.4, -0.2) is 20.2 Å². The fourth-order valence-corrected chi connectivity index (χ4v) is 8.76. The van der Waals surface area contributed by atoms with Crippen LogP contribution in [0, 0.1) is 0 Å². The molecule has 0 saturated heterocycles. The van der Waals surface area contributed by atoms with Gasteiger partial charge in [0.25, 0.3) is 0 Å². The Labute approximate surface area is 121 Å². The SMILES string of the molecule is c1cc[c]([Sb+]([c]2ccccc2)[c]2ccccc2)cc1. The summed E-state index contributed by atoms with van der Waals surface area (Å²) in [4.78, 5) is 0. The Bertz CT molecular complexity index is 524. The number of benzene rings is 3. The summed E-state index contributed by atoms with van der Waals surface area (Å²) in [6.45, 7) is 0. The summed E-state index contributed by atoms with van der Waals surface area (Å²) in [6, 6.07) is 32.9. The van der Waals surface area contributed by atoms with E-state index in [0.717, 1.165) is 0 Å². The normalized spacial score (nSPS) is 10.6. The molecule has 0 bridgehead atoms. The average molecular weight is 353 g/mol. The van der Waals surface area contributed by atoms with E-state index in [1.807, 2.05) is 0 Å². The molecule has 0 aromatic heterocycles. The van der Waals surface area contributed by atoms with E-state index in [-0.39, 0.29) is 0 Å². The second-order valence-electron chi connectivity index (χ2n) is 4.34. The molecule has 0 atom stereocenters. The van der Waals surface area contributed by atoms with E-state index in [2.05, 4.69) is 91.0 Å². The summed E-state index contributed by atoms with van der Waals surface area (Å²) < 4.78 is 4.55. The molecule has 19 heavy (non-hydrogen) atoms. The maximum atomic E-state index is 2.28. The summed E-state index contributed by atoms with van der Waals surface area (Å²) in [5, 5.41) is 0. The molecule has 0 saturated carbocycles. The van der Waals surface area contributed by atoms with Crippen LogP contribution in [0.4, 0.5) is 0 Å². The summed E-state index contributed by atoms with van der Waals surface area (Å²) >= 11 is -1.83. The first-order valence-corrected chi connectivity index (χ1v) is 10.2. The van der Waals surface area contributed by atoms with Gasteiger partial charge in [-0.2, -0.15) is 0 Å². The van der Waals surface area contributed by atoms with Crippen LogP contribution >= 0.6 is 0 Å². The molecule has 0 aliphatic carbocycles. The zero-order valence-electron chi connectivity index (χ0n) is 10.6. The van der Waals surface area contributed by atoms with E-state index in [4.69, 9.17) is 0 Å². The molecule has 0 unspecified atom stereocenters. The van der Waals surface area contributed by atoms with E-state index >= 15 is 0 Å². The first-order chi connectivity index (χ1) is 9.45. The van der Waals surface area contributed by atoms with Gasteiger partial charge < -0.3 is 0 Å². The van der Waals surface area contributed by atoms with Crippen molar-refractivity contribution in [2.75, 3.05) is 0 Å². The summed E-state index contributed by atoms with van der Waals surface area (Å²) in [5.41, 5.74) is 0. The summed E-state index contributed by atoms with van der Waals surface area (Å²) in [6.07, 6.45) is 0. The van der Waals surface area contributed by atoms with Gasteiger partial charge in [-0.05, 0) is 0 Å². The number of hydrogen-bond acceptors (Lipinski definition) is 0. The van der Waals surface area contributed by atoms with E-state index in [1.165, 1.54) is 10.5 Å². The van der Waals surface area contributed by atoms with E-state index in [1.54, 1.807) is 0 Å². The van der Waals surface area contributed by atoms with Gasteiger partial charge in [-0.25, -0.2) is 0 Å². The predicted octanol–water partition coefficient (Wildman–Crippen LogP) is 2.20. The Balaban J connectivity index is 2.12. The first kappa shape index (κ1) is 12.5. The third-order valence-electron chi connectivity index (χ3n) is 3.04. The van der Waals surface area contributed by atoms with Crippen molar-refractivity contribution in [3.8, 4) is 0 Å². The molecule has 3 aromatic rings. The minimum absolute atomic E-state index is 1.52. The van der Waals surface area contributed by atoms with Gasteiger partial charge in [-0.1, -0.05) is 0 Å². The Morgan fingerprint density at radius 1 is 0.368 bits per heavy atom. The molecule has 3 rings (SSSR count). The van der Waals surface area contributed by atoms with Crippen LogP contribution in [0.3, 0.4) is 0 Å². The summed E-state index contributed by atoms with van der Waals surface area (Å²) in [7, 11) is 0. The second-order valence-corrected chi connectivity index (χ2v) is 10.7. The van der Waals surface area contributed by atoms with Gasteiger partial charge >= 0.3 is 122 Å². The van der Waals surface area contributed by atoms with Gasteiger partial charge in [-0.15, -0.1) is 0 Å². The van der Waals surface area contributed by atoms with E-state index < -0.39 is 20.2 Å². The van der Waals surface area contributed by atoms with Crippen molar-refractivity contribution in [3.05, 3.63) is 91.0 Å². The monoisotopic (exact) mass is 352 g/mol. The van der Waals surface area contributed by atoms with Crippen LogP contribution in [0.5, 0.6) is 0 Å². The topological polar surface area (TPSA) is 0 Å². The molecule has 0 heterocycles. The molecule has 1 heteroatoms. The Morgan fingerprint density at radius 2 is 0.632 bits per heavy atom. The van der Waals surface area contributed by atoms with Gasteiger partial charge in [0.1, 0.15) is 0 Å². The standard InChI is InChI=1S/3C6H5.Sb/c3*1-2-4-6-5-3-1;/h3*1-5H;/q;;;+1. The number of rotatable bonds is 3. The molecule has 0 spiro atoms. The molecule has 0 fully saturated rings. The van der Waals surface area contributed by atoms with Gasteiger partial charge in [0.05, 0.1) is 0 Å². The van der Waals surface area contributed by atoms with Crippen LogP contribution in [0.2, 0.25) is 0 Å². The predicted molar refractivity (Wildman–Crippen MR) is 84.0 cm³/mol. The Kier molecular flexibility index (Phi) is 4.00. The van der Waals surface area contributed by atoms with Crippen molar-refractivity contribution < 1.29 is 0 Å². The van der Waals surface area contributed by atoms with Gasteiger partial charge in [0.2, 0.25) is 0 Å². The van der Waals surface area contributed by atoms with Crippen molar-refractivity contribution >= 4 is 30.7 Å². The van der Waals surface area contributed by atoms with Crippen molar-refractivity contribution in [2.24, 2.45) is 0 Å². The van der Waals surface area contributed by atoms with Crippen molar-refractivity contribution in [1.29, 1.82) is 0 Å². The molecule has 3 aromatic carbocycles. The Hall–Kier alpha value is -1.52. The third kappa shape index (κ3) is 2.91. The van der Waals surface area contributed by atoms with E-state index in [9.17, 15) is 0 Å². The minimum atomic E-state index is -1.83. The molecule has 91 valence electrons. The molecule has 0 nitrogen and oxygen atoms in total. The Morgan fingerprint density at radius 3 is 0.895 bits per heavy atom. The molecule has 0 aliphatic heterocycles. The number of hydrogen-bond donors (Lipinski definition) is 0. The molecular weight excluding hydrogens is 338 g/mol. The molecule has 0 N–H and O–H groups in total. The van der Waals surface area contributed by atoms with Crippen LogP contribution < -0.4 is 10.5 Å². The van der Waals surface area contributed by atoms with Gasteiger partial charge in [-0.3, -0.25) is 0 Å². The van der Waals surface area contributed by atoms with Crippen molar-refractivity contribution in [2.45, 2.75) is 0 Å². The van der Waals surface area contributed by atoms with Crippen LogP contribution in [-0.2, 0) is 0 Å². The fraction of sp³-hybridized carbons (Fsp3) is 0. The third-order valence-corrected chi connectivity index (χ3v) is 10.0. The zero-order valence-corrected chi connectivity index (χ0v) is 13.2. The fourth-order valence-electron chi connectivity index (χ4n) is 2.18. The second kappa shape index (κ2) is 6.08. The van der Waals surface area contributed by atoms with E-state index in [0.29, 0.717) is 0 Å². The summed E-state index contributed by atoms with van der Waals surface area (Å²) in [5.74, 6) is 0. The van der Waals surface area contributed by atoms with Crippen LogP contribution in [0.15, 0.2) is 91.0 Å². The molecule has 0 aliphatic rings. The molecular formula is C18H15Sb+. The quantitative estimate of drug-likeness (QED) is 0.634. The van der Waals surface area contributed by atoms with Gasteiger partial charge in [0.15, 0.2) is 0 Å².